The smallest absolute Gasteiger partial charge is 0.387 e. The third kappa shape index (κ3) is 5.18. The van der Waals surface area contributed by atoms with E-state index in [9.17, 15) is 13.9 Å². The van der Waals surface area contributed by atoms with Crippen LogP contribution in [0.15, 0.2) is 48.5 Å². The summed E-state index contributed by atoms with van der Waals surface area (Å²) in [6.45, 7) is -0.641. The number of rotatable bonds is 8. The number of hydrogen-bond donors (Lipinski definition) is 2. The van der Waals surface area contributed by atoms with E-state index in [-0.39, 0.29) is 18.3 Å². The second kappa shape index (κ2) is 8.61. The van der Waals surface area contributed by atoms with Crippen molar-refractivity contribution in [2.75, 3.05) is 13.7 Å². The minimum atomic E-state index is -2.89. The summed E-state index contributed by atoms with van der Waals surface area (Å²) in [5.74, 6) is 0.793. The van der Waals surface area contributed by atoms with Crippen molar-refractivity contribution in [2.45, 2.75) is 25.7 Å². The molecular weight excluding hydrogens is 316 g/mol. The minimum absolute atomic E-state index is 0.00440. The largest absolute Gasteiger partial charge is 0.497 e. The Morgan fingerprint density at radius 3 is 2.33 bits per heavy atom. The molecule has 130 valence electrons. The summed E-state index contributed by atoms with van der Waals surface area (Å²) in [4.78, 5) is 0. The van der Waals surface area contributed by atoms with Gasteiger partial charge in [0.1, 0.15) is 11.5 Å². The van der Waals surface area contributed by atoms with Crippen molar-refractivity contribution in [2.24, 2.45) is 0 Å². The first kappa shape index (κ1) is 18.2. The molecule has 6 heteroatoms. The number of ether oxygens (including phenoxy) is 2. The zero-order valence-corrected chi connectivity index (χ0v) is 13.6. The van der Waals surface area contributed by atoms with E-state index in [4.69, 9.17) is 4.74 Å². The van der Waals surface area contributed by atoms with Crippen LogP contribution in [0.1, 0.15) is 30.2 Å². The van der Waals surface area contributed by atoms with Crippen LogP contribution in [0.4, 0.5) is 8.78 Å². The third-order valence-corrected chi connectivity index (χ3v) is 3.68. The van der Waals surface area contributed by atoms with Crippen LogP contribution in [-0.2, 0) is 0 Å². The van der Waals surface area contributed by atoms with E-state index in [1.54, 1.807) is 19.2 Å². The number of aliphatic hydroxyl groups excluding tert-OH is 1. The molecule has 4 nitrogen and oxygen atoms in total. The number of methoxy groups -OCH3 is 1. The maximum Gasteiger partial charge on any atom is 0.387 e. The lowest BCUT2D eigenvalue weighted by Gasteiger charge is -2.18. The molecule has 0 saturated carbocycles. The van der Waals surface area contributed by atoms with Crippen LogP contribution in [0.25, 0.3) is 0 Å². The van der Waals surface area contributed by atoms with Crippen LogP contribution in [0.5, 0.6) is 11.5 Å². The highest BCUT2D eigenvalue weighted by Gasteiger charge is 2.13. The van der Waals surface area contributed by atoms with Crippen molar-refractivity contribution in [3.63, 3.8) is 0 Å². The third-order valence-electron chi connectivity index (χ3n) is 3.68. The van der Waals surface area contributed by atoms with Crippen molar-refractivity contribution in [3.05, 3.63) is 59.7 Å². The van der Waals surface area contributed by atoms with Gasteiger partial charge in [0.25, 0.3) is 0 Å². The summed E-state index contributed by atoms with van der Waals surface area (Å²) in [5.41, 5.74) is 1.54. The summed E-state index contributed by atoms with van der Waals surface area (Å²) in [5, 5.41) is 13.5. The lowest BCUT2D eigenvalue weighted by atomic mass is 10.1. The Kier molecular flexibility index (Phi) is 6.52. The van der Waals surface area contributed by atoms with E-state index in [0.717, 1.165) is 11.3 Å². The van der Waals surface area contributed by atoms with Crippen LogP contribution in [0.3, 0.4) is 0 Å². The highest BCUT2D eigenvalue weighted by atomic mass is 19.3. The molecule has 2 aromatic rings. The molecule has 0 heterocycles. The normalized spacial score (nSPS) is 13.6. The molecule has 0 radical (unpaired) electrons. The van der Waals surface area contributed by atoms with Crippen LogP contribution < -0.4 is 14.8 Å². The topological polar surface area (TPSA) is 50.7 Å². The average molecular weight is 337 g/mol. The Morgan fingerprint density at radius 1 is 1.04 bits per heavy atom. The van der Waals surface area contributed by atoms with E-state index in [0.29, 0.717) is 5.56 Å². The Bertz CT molecular complexity index is 652. The number of hydrogen-bond acceptors (Lipinski definition) is 4. The molecule has 2 atom stereocenters. The molecular formula is C18H21F2NO3. The first-order valence-electron chi connectivity index (χ1n) is 7.59. The van der Waals surface area contributed by atoms with Crippen molar-refractivity contribution in [3.8, 4) is 11.5 Å². The van der Waals surface area contributed by atoms with Crippen molar-refractivity contribution >= 4 is 0 Å². The predicted molar refractivity (Wildman–Crippen MR) is 87.4 cm³/mol. The molecule has 0 spiro atoms. The summed E-state index contributed by atoms with van der Waals surface area (Å²) < 4.78 is 34.0. The van der Waals surface area contributed by atoms with E-state index < -0.39 is 12.7 Å². The number of aliphatic hydroxyl groups is 1. The Hall–Kier alpha value is -2.18. The molecule has 0 aliphatic carbocycles. The van der Waals surface area contributed by atoms with Crippen LogP contribution in [0.2, 0.25) is 0 Å². The Morgan fingerprint density at radius 2 is 1.67 bits per heavy atom. The number of halogens is 2. The highest BCUT2D eigenvalue weighted by molar-refractivity contribution is 5.31. The van der Waals surface area contributed by atoms with Gasteiger partial charge in [-0.25, -0.2) is 0 Å². The van der Waals surface area contributed by atoms with Gasteiger partial charge in [-0.15, -0.1) is 0 Å². The van der Waals surface area contributed by atoms with Crippen LogP contribution in [0, 0.1) is 0 Å². The first-order chi connectivity index (χ1) is 11.5. The maximum absolute atomic E-state index is 12.2. The average Bonchev–Trinajstić information content (AvgIpc) is 2.59. The first-order valence-corrected chi connectivity index (χ1v) is 7.59. The van der Waals surface area contributed by atoms with Gasteiger partial charge < -0.3 is 19.9 Å². The van der Waals surface area contributed by atoms with Gasteiger partial charge in [-0.1, -0.05) is 24.3 Å². The fraction of sp³-hybridized carbons (Fsp3) is 0.333. The van der Waals surface area contributed by atoms with Crippen LogP contribution >= 0.6 is 0 Å². The molecule has 24 heavy (non-hydrogen) atoms. The molecule has 2 rings (SSSR count). The fourth-order valence-electron chi connectivity index (χ4n) is 2.33. The van der Waals surface area contributed by atoms with Gasteiger partial charge in [0.05, 0.1) is 13.2 Å². The number of nitrogens with one attached hydrogen (secondary N) is 1. The van der Waals surface area contributed by atoms with Gasteiger partial charge >= 0.3 is 6.61 Å². The van der Waals surface area contributed by atoms with Gasteiger partial charge in [-0.05, 0) is 42.3 Å². The Labute approximate surface area is 140 Å². The fourth-order valence-corrected chi connectivity index (χ4v) is 2.33. The van der Waals surface area contributed by atoms with Crippen LogP contribution in [-0.4, -0.2) is 25.4 Å². The number of benzene rings is 2. The van der Waals surface area contributed by atoms with Gasteiger partial charge in [-0.3, -0.25) is 0 Å². The van der Waals surface area contributed by atoms with E-state index >= 15 is 0 Å². The molecule has 0 bridgehead atoms. The zero-order valence-electron chi connectivity index (χ0n) is 13.6. The highest BCUT2D eigenvalue weighted by Crippen LogP contribution is 2.22. The molecule has 2 N–H and O–H groups in total. The zero-order chi connectivity index (χ0) is 17.5. The van der Waals surface area contributed by atoms with Crippen molar-refractivity contribution < 1.29 is 23.4 Å². The lowest BCUT2D eigenvalue weighted by molar-refractivity contribution is -0.0499. The standard InChI is InChI=1S/C18H21F2NO3/c1-12(13-5-3-7-15(9-13)23-2)21-11-17(22)14-6-4-8-16(10-14)24-18(19)20/h3-10,12,17-18,21-22H,11H2,1-2H3. The van der Waals surface area contributed by atoms with Crippen molar-refractivity contribution in [1.82, 2.24) is 5.32 Å². The van der Waals surface area contributed by atoms with Crippen molar-refractivity contribution in [1.29, 1.82) is 0 Å². The molecule has 0 aromatic heterocycles. The molecule has 2 unspecified atom stereocenters. The Balaban J connectivity index is 1.95. The number of alkyl halides is 2. The summed E-state index contributed by atoms with van der Waals surface area (Å²) in [6.07, 6.45) is -0.834. The summed E-state index contributed by atoms with van der Waals surface area (Å²) in [6, 6.07) is 13.7. The van der Waals surface area contributed by atoms with E-state index in [1.165, 1.54) is 12.1 Å². The molecule has 0 fully saturated rings. The van der Waals surface area contributed by atoms with Gasteiger partial charge in [0.2, 0.25) is 0 Å². The molecule has 0 saturated heterocycles. The summed E-state index contributed by atoms with van der Waals surface area (Å²) in [7, 11) is 1.61. The molecule has 2 aromatic carbocycles. The second-order valence-electron chi connectivity index (χ2n) is 5.37. The summed E-state index contributed by atoms with van der Waals surface area (Å²) >= 11 is 0. The quantitative estimate of drug-likeness (QED) is 0.771. The second-order valence-corrected chi connectivity index (χ2v) is 5.37. The SMILES string of the molecule is COc1cccc(C(C)NCC(O)c2cccc(OC(F)F)c2)c1. The van der Waals surface area contributed by atoms with Gasteiger partial charge in [-0.2, -0.15) is 8.78 Å². The van der Waals surface area contributed by atoms with E-state index in [2.05, 4.69) is 10.1 Å². The molecule has 0 aliphatic rings. The molecule has 0 amide bonds. The predicted octanol–water partition coefficient (Wildman–Crippen LogP) is 3.68. The van der Waals surface area contributed by atoms with E-state index in [1.807, 2.05) is 31.2 Å². The van der Waals surface area contributed by atoms with Gasteiger partial charge in [0, 0.05) is 12.6 Å². The lowest BCUT2D eigenvalue weighted by Crippen LogP contribution is -2.24. The monoisotopic (exact) mass is 337 g/mol. The van der Waals surface area contributed by atoms with Gasteiger partial charge in [0.15, 0.2) is 0 Å². The minimum Gasteiger partial charge on any atom is -0.497 e. The maximum atomic E-state index is 12.2. The molecule has 0 aliphatic heterocycles.